The van der Waals surface area contributed by atoms with Crippen molar-refractivity contribution in [2.45, 2.75) is 6.92 Å². The molecule has 0 aliphatic carbocycles. The van der Waals surface area contributed by atoms with E-state index in [0.29, 0.717) is 11.5 Å². The fourth-order valence-electron chi connectivity index (χ4n) is 1.65. The number of benzene rings is 1. The number of halogens is 1. The molecule has 0 saturated heterocycles. The Balaban J connectivity index is 2.71. The molecule has 1 aromatic carbocycles. The Bertz CT molecular complexity index is 577. The molecule has 88 valence electrons. The predicted octanol–water partition coefficient (Wildman–Crippen LogP) is 1.41. The minimum Gasteiger partial charge on any atom is -0.409 e. The van der Waals surface area contributed by atoms with Crippen molar-refractivity contribution in [2.75, 3.05) is 0 Å². The number of hydrogen-bond acceptors (Lipinski definition) is 3. The van der Waals surface area contributed by atoms with E-state index in [-0.39, 0.29) is 11.4 Å². The van der Waals surface area contributed by atoms with Crippen LogP contribution in [0.25, 0.3) is 5.69 Å². The van der Waals surface area contributed by atoms with Crippen LogP contribution in [0.15, 0.2) is 35.7 Å². The van der Waals surface area contributed by atoms with Crippen LogP contribution in [0.3, 0.4) is 0 Å². The van der Waals surface area contributed by atoms with E-state index in [1.165, 1.54) is 6.07 Å². The third-order valence-corrected chi connectivity index (χ3v) is 2.44. The first-order valence-electron chi connectivity index (χ1n) is 4.92. The Morgan fingerprint density at radius 1 is 1.53 bits per heavy atom. The van der Waals surface area contributed by atoms with E-state index in [0.717, 1.165) is 0 Å². The number of amidine groups is 1. The maximum atomic E-state index is 13.7. The van der Waals surface area contributed by atoms with Gasteiger partial charge >= 0.3 is 0 Å². The molecule has 0 unspecified atom stereocenters. The molecule has 0 spiro atoms. The molecular formula is C11H11FN4O. The van der Waals surface area contributed by atoms with E-state index < -0.39 is 5.82 Å². The van der Waals surface area contributed by atoms with Gasteiger partial charge in [-0.25, -0.2) is 9.37 Å². The molecule has 1 aromatic heterocycles. The summed E-state index contributed by atoms with van der Waals surface area (Å²) in [5.41, 5.74) is 6.01. The monoisotopic (exact) mass is 234 g/mol. The van der Waals surface area contributed by atoms with Crippen molar-refractivity contribution in [1.82, 2.24) is 9.55 Å². The zero-order valence-electron chi connectivity index (χ0n) is 9.13. The minimum atomic E-state index is -0.550. The SMILES string of the molecule is Cc1nccn1-c1cccc(F)c1C(N)=NO. The standard InChI is InChI=1S/C11H11FN4O/c1-7-14-5-6-16(7)9-4-2-3-8(12)10(9)11(13)15-17/h2-6,17H,1H3,(H2,13,15). The van der Waals surface area contributed by atoms with E-state index in [4.69, 9.17) is 10.9 Å². The second kappa shape index (κ2) is 4.25. The third kappa shape index (κ3) is 1.84. The Kier molecular flexibility index (Phi) is 2.78. The van der Waals surface area contributed by atoms with Crippen molar-refractivity contribution in [1.29, 1.82) is 0 Å². The molecule has 1 heterocycles. The summed E-state index contributed by atoms with van der Waals surface area (Å²) in [6.45, 7) is 1.78. The van der Waals surface area contributed by atoms with Crippen LogP contribution in [0, 0.1) is 12.7 Å². The maximum Gasteiger partial charge on any atom is 0.175 e. The first-order chi connectivity index (χ1) is 8.15. The summed E-state index contributed by atoms with van der Waals surface area (Å²) in [5.74, 6) is -0.139. The van der Waals surface area contributed by atoms with E-state index in [1.807, 2.05) is 0 Å². The molecule has 0 fully saturated rings. The number of nitrogens with two attached hydrogens (primary N) is 1. The van der Waals surface area contributed by atoms with Crippen LogP contribution in [-0.2, 0) is 0 Å². The molecule has 2 rings (SSSR count). The Labute approximate surface area is 97.0 Å². The molecule has 0 atom stereocenters. The van der Waals surface area contributed by atoms with Gasteiger partial charge in [0.05, 0.1) is 11.3 Å². The molecule has 0 saturated carbocycles. The first kappa shape index (κ1) is 11.1. The lowest BCUT2D eigenvalue weighted by Crippen LogP contribution is -2.18. The van der Waals surface area contributed by atoms with Gasteiger partial charge in [-0.2, -0.15) is 0 Å². The largest absolute Gasteiger partial charge is 0.409 e. The van der Waals surface area contributed by atoms with Gasteiger partial charge in [0, 0.05) is 12.4 Å². The summed E-state index contributed by atoms with van der Waals surface area (Å²) in [5, 5.41) is 11.5. The number of imidazole rings is 1. The van der Waals surface area contributed by atoms with E-state index in [1.54, 1.807) is 36.0 Å². The van der Waals surface area contributed by atoms with Crippen LogP contribution in [0.4, 0.5) is 4.39 Å². The van der Waals surface area contributed by atoms with Gasteiger partial charge in [0.2, 0.25) is 0 Å². The Morgan fingerprint density at radius 2 is 2.29 bits per heavy atom. The minimum absolute atomic E-state index is 0.0519. The van der Waals surface area contributed by atoms with Gasteiger partial charge < -0.3 is 15.5 Å². The number of rotatable bonds is 2. The molecule has 5 nitrogen and oxygen atoms in total. The van der Waals surface area contributed by atoms with Crippen molar-refractivity contribution >= 4 is 5.84 Å². The van der Waals surface area contributed by atoms with Gasteiger partial charge in [-0.15, -0.1) is 0 Å². The molecule has 0 radical (unpaired) electrons. The van der Waals surface area contributed by atoms with Gasteiger partial charge in [-0.05, 0) is 19.1 Å². The van der Waals surface area contributed by atoms with Gasteiger partial charge in [0.25, 0.3) is 0 Å². The molecule has 6 heteroatoms. The maximum absolute atomic E-state index is 13.7. The summed E-state index contributed by atoms with van der Waals surface area (Å²) < 4.78 is 15.4. The summed E-state index contributed by atoms with van der Waals surface area (Å²) in [6.07, 6.45) is 3.27. The molecular weight excluding hydrogens is 223 g/mol. The second-order valence-electron chi connectivity index (χ2n) is 3.46. The average molecular weight is 234 g/mol. The van der Waals surface area contributed by atoms with Crippen LogP contribution in [0.2, 0.25) is 0 Å². The van der Waals surface area contributed by atoms with E-state index in [2.05, 4.69) is 10.1 Å². The second-order valence-corrected chi connectivity index (χ2v) is 3.46. The highest BCUT2D eigenvalue weighted by atomic mass is 19.1. The lowest BCUT2D eigenvalue weighted by atomic mass is 10.1. The van der Waals surface area contributed by atoms with Crippen LogP contribution in [0.5, 0.6) is 0 Å². The lowest BCUT2D eigenvalue weighted by Gasteiger charge is -2.11. The van der Waals surface area contributed by atoms with E-state index in [9.17, 15) is 4.39 Å². The lowest BCUT2D eigenvalue weighted by molar-refractivity contribution is 0.318. The molecule has 0 aliphatic rings. The first-order valence-corrected chi connectivity index (χ1v) is 4.92. The fourth-order valence-corrected chi connectivity index (χ4v) is 1.65. The van der Waals surface area contributed by atoms with Crippen LogP contribution < -0.4 is 5.73 Å². The smallest absolute Gasteiger partial charge is 0.175 e. The topological polar surface area (TPSA) is 76.4 Å². The van der Waals surface area contributed by atoms with Crippen LogP contribution in [-0.4, -0.2) is 20.6 Å². The van der Waals surface area contributed by atoms with Crippen molar-refractivity contribution < 1.29 is 9.60 Å². The van der Waals surface area contributed by atoms with Gasteiger partial charge in [-0.3, -0.25) is 0 Å². The summed E-state index contributed by atoms with van der Waals surface area (Å²) >= 11 is 0. The molecule has 2 aromatic rings. The van der Waals surface area contributed by atoms with Gasteiger partial charge in [0.1, 0.15) is 11.6 Å². The summed E-state index contributed by atoms with van der Waals surface area (Å²) in [4.78, 5) is 4.05. The van der Waals surface area contributed by atoms with Crippen molar-refractivity contribution in [3.8, 4) is 5.69 Å². The predicted molar refractivity (Wildman–Crippen MR) is 60.8 cm³/mol. The summed E-state index contributed by atoms with van der Waals surface area (Å²) in [6, 6.07) is 4.48. The van der Waals surface area contributed by atoms with Gasteiger partial charge in [-0.1, -0.05) is 11.2 Å². The fraction of sp³-hybridized carbons (Fsp3) is 0.0909. The number of aromatic nitrogens is 2. The molecule has 0 amide bonds. The Morgan fingerprint density at radius 3 is 2.88 bits per heavy atom. The number of oxime groups is 1. The Hall–Kier alpha value is -2.37. The zero-order chi connectivity index (χ0) is 12.4. The van der Waals surface area contributed by atoms with Crippen molar-refractivity contribution in [2.24, 2.45) is 10.9 Å². The van der Waals surface area contributed by atoms with Gasteiger partial charge in [0.15, 0.2) is 5.84 Å². The molecule has 3 N–H and O–H groups in total. The number of nitrogens with zero attached hydrogens (tertiary/aromatic N) is 3. The molecule has 0 bridgehead atoms. The van der Waals surface area contributed by atoms with E-state index >= 15 is 0 Å². The molecule has 0 aliphatic heterocycles. The number of hydrogen-bond donors (Lipinski definition) is 2. The quantitative estimate of drug-likeness (QED) is 0.357. The highest BCUT2D eigenvalue weighted by Crippen LogP contribution is 2.19. The normalized spacial score (nSPS) is 11.8. The van der Waals surface area contributed by atoms with Crippen LogP contribution in [0.1, 0.15) is 11.4 Å². The molecule has 17 heavy (non-hydrogen) atoms. The van der Waals surface area contributed by atoms with Crippen molar-refractivity contribution in [3.05, 3.63) is 47.8 Å². The zero-order valence-corrected chi connectivity index (χ0v) is 9.13. The highest BCUT2D eigenvalue weighted by molar-refractivity contribution is 6.00. The summed E-state index contributed by atoms with van der Waals surface area (Å²) in [7, 11) is 0. The average Bonchev–Trinajstić information content (AvgIpc) is 2.74. The van der Waals surface area contributed by atoms with Crippen molar-refractivity contribution in [3.63, 3.8) is 0 Å². The number of aryl methyl sites for hydroxylation is 1. The highest BCUT2D eigenvalue weighted by Gasteiger charge is 2.15. The van der Waals surface area contributed by atoms with Crippen LogP contribution >= 0.6 is 0 Å². The third-order valence-electron chi connectivity index (χ3n) is 2.44.